The first kappa shape index (κ1) is 10.1. The summed E-state index contributed by atoms with van der Waals surface area (Å²) in [4.78, 5) is 20.7. The van der Waals surface area contributed by atoms with E-state index in [1.54, 1.807) is 0 Å². The molecule has 0 aromatic rings. The molecule has 11 heavy (non-hydrogen) atoms. The van der Waals surface area contributed by atoms with Crippen LogP contribution in [0.5, 0.6) is 0 Å². The molecule has 3 nitrogen and oxygen atoms in total. The van der Waals surface area contributed by atoms with Crippen LogP contribution < -0.4 is 5.32 Å². The van der Waals surface area contributed by atoms with Crippen molar-refractivity contribution in [3.8, 4) is 0 Å². The van der Waals surface area contributed by atoms with Crippen LogP contribution in [0, 0.1) is 5.92 Å². The second-order valence-corrected chi connectivity index (χ2v) is 2.90. The third-order valence-corrected chi connectivity index (χ3v) is 1.33. The second-order valence-electron chi connectivity index (χ2n) is 2.90. The van der Waals surface area contributed by atoms with Crippen molar-refractivity contribution in [3.05, 3.63) is 0 Å². The Hall–Kier alpha value is -0.860. The van der Waals surface area contributed by atoms with Gasteiger partial charge in [-0.1, -0.05) is 13.8 Å². The zero-order valence-corrected chi connectivity index (χ0v) is 7.09. The fourth-order valence-corrected chi connectivity index (χ4v) is 0.664. The monoisotopic (exact) mass is 157 g/mol. The summed E-state index contributed by atoms with van der Waals surface area (Å²) in [6.45, 7) is 4.26. The fraction of sp³-hybridized carbons (Fsp3) is 0.750. The van der Waals surface area contributed by atoms with Gasteiger partial charge in [0.1, 0.15) is 6.29 Å². The van der Waals surface area contributed by atoms with Crippen molar-refractivity contribution in [1.29, 1.82) is 0 Å². The largest absolute Gasteiger partial charge is 0.349 e. The normalized spacial score (nSPS) is 9.73. The minimum Gasteiger partial charge on any atom is -0.349 e. The summed E-state index contributed by atoms with van der Waals surface area (Å²) in [6, 6.07) is 0. The van der Waals surface area contributed by atoms with Crippen molar-refractivity contribution >= 4 is 12.2 Å². The number of aldehydes is 1. The minimum atomic E-state index is -0.0363. The highest BCUT2D eigenvalue weighted by Gasteiger charge is 2.01. The molecule has 0 aliphatic heterocycles. The van der Waals surface area contributed by atoms with Crippen LogP contribution in [0.1, 0.15) is 26.7 Å². The first-order valence-corrected chi connectivity index (χ1v) is 3.87. The van der Waals surface area contributed by atoms with E-state index in [1.807, 2.05) is 0 Å². The number of amides is 1. The summed E-state index contributed by atoms with van der Waals surface area (Å²) in [7, 11) is 0. The Balaban J connectivity index is 3.29. The molecule has 0 atom stereocenters. The molecule has 0 radical (unpaired) electrons. The molecule has 0 heterocycles. The van der Waals surface area contributed by atoms with Gasteiger partial charge in [0.2, 0.25) is 5.91 Å². The van der Waals surface area contributed by atoms with Crippen molar-refractivity contribution in [2.45, 2.75) is 26.7 Å². The van der Waals surface area contributed by atoms with E-state index in [1.165, 1.54) is 0 Å². The van der Waals surface area contributed by atoms with E-state index in [4.69, 9.17) is 0 Å². The molecule has 0 saturated heterocycles. The van der Waals surface area contributed by atoms with Crippen LogP contribution in [0.15, 0.2) is 0 Å². The molecule has 0 aliphatic rings. The Labute approximate surface area is 67.2 Å². The SMILES string of the molecule is CC(C)CCC(=O)NCC=O. The highest BCUT2D eigenvalue weighted by atomic mass is 16.2. The van der Waals surface area contributed by atoms with E-state index >= 15 is 0 Å². The van der Waals surface area contributed by atoms with Crippen molar-refractivity contribution in [1.82, 2.24) is 5.32 Å². The van der Waals surface area contributed by atoms with E-state index in [0.29, 0.717) is 18.6 Å². The number of hydrogen-bond acceptors (Lipinski definition) is 2. The molecule has 0 aromatic heterocycles. The molecule has 1 amide bonds. The van der Waals surface area contributed by atoms with Gasteiger partial charge in [-0.25, -0.2) is 0 Å². The van der Waals surface area contributed by atoms with Gasteiger partial charge < -0.3 is 10.1 Å². The van der Waals surface area contributed by atoms with Crippen molar-refractivity contribution in [3.63, 3.8) is 0 Å². The molecule has 0 unspecified atom stereocenters. The molecule has 3 heteroatoms. The lowest BCUT2D eigenvalue weighted by Crippen LogP contribution is -2.25. The minimum absolute atomic E-state index is 0.0363. The van der Waals surface area contributed by atoms with E-state index in [0.717, 1.165) is 6.42 Å². The van der Waals surface area contributed by atoms with Crippen LogP contribution in [-0.4, -0.2) is 18.7 Å². The van der Waals surface area contributed by atoms with Gasteiger partial charge in [-0.2, -0.15) is 0 Å². The third kappa shape index (κ3) is 7.03. The molecule has 0 aliphatic carbocycles. The number of carbonyl (C=O) groups is 2. The standard InChI is InChI=1S/C8H15NO2/c1-7(2)3-4-8(11)9-5-6-10/h6-7H,3-5H2,1-2H3,(H,9,11). The summed E-state index contributed by atoms with van der Waals surface area (Å²) in [5.41, 5.74) is 0. The number of rotatable bonds is 5. The number of hydrogen-bond donors (Lipinski definition) is 1. The average molecular weight is 157 g/mol. The van der Waals surface area contributed by atoms with Gasteiger partial charge >= 0.3 is 0 Å². The van der Waals surface area contributed by atoms with Gasteiger partial charge in [-0.3, -0.25) is 4.79 Å². The quantitative estimate of drug-likeness (QED) is 0.598. The van der Waals surface area contributed by atoms with Crippen LogP contribution in [0.3, 0.4) is 0 Å². The molecule has 0 spiro atoms. The van der Waals surface area contributed by atoms with Gasteiger partial charge in [0, 0.05) is 6.42 Å². The topological polar surface area (TPSA) is 46.2 Å². The van der Waals surface area contributed by atoms with Gasteiger partial charge in [0.15, 0.2) is 0 Å². The molecule has 0 saturated carbocycles. The molecule has 64 valence electrons. The maximum absolute atomic E-state index is 10.8. The van der Waals surface area contributed by atoms with Crippen LogP contribution in [-0.2, 0) is 9.59 Å². The van der Waals surface area contributed by atoms with Gasteiger partial charge in [0.05, 0.1) is 6.54 Å². The predicted molar refractivity (Wildman–Crippen MR) is 43.1 cm³/mol. The maximum Gasteiger partial charge on any atom is 0.220 e. The summed E-state index contributed by atoms with van der Waals surface area (Å²) in [5, 5.41) is 2.48. The Morgan fingerprint density at radius 2 is 2.18 bits per heavy atom. The lowest BCUT2D eigenvalue weighted by atomic mass is 10.1. The van der Waals surface area contributed by atoms with E-state index < -0.39 is 0 Å². The fourth-order valence-electron chi connectivity index (χ4n) is 0.664. The van der Waals surface area contributed by atoms with Gasteiger partial charge in [-0.15, -0.1) is 0 Å². The average Bonchev–Trinajstić information content (AvgIpc) is 1.97. The zero-order valence-electron chi connectivity index (χ0n) is 7.09. The smallest absolute Gasteiger partial charge is 0.220 e. The van der Waals surface area contributed by atoms with Crippen molar-refractivity contribution < 1.29 is 9.59 Å². The van der Waals surface area contributed by atoms with Crippen LogP contribution >= 0.6 is 0 Å². The Morgan fingerprint density at radius 3 is 2.64 bits per heavy atom. The van der Waals surface area contributed by atoms with Crippen molar-refractivity contribution in [2.24, 2.45) is 5.92 Å². The predicted octanol–water partition coefficient (Wildman–Crippen LogP) is 0.738. The van der Waals surface area contributed by atoms with Crippen LogP contribution in [0.25, 0.3) is 0 Å². The summed E-state index contributed by atoms with van der Waals surface area (Å²) in [5.74, 6) is 0.503. The first-order valence-electron chi connectivity index (χ1n) is 3.87. The Morgan fingerprint density at radius 1 is 1.55 bits per heavy atom. The first-order chi connectivity index (χ1) is 5.16. The molecular formula is C8H15NO2. The lowest BCUT2D eigenvalue weighted by molar-refractivity contribution is -0.122. The van der Waals surface area contributed by atoms with Gasteiger partial charge in [-0.05, 0) is 12.3 Å². The van der Waals surface area contributed by atoms with Gasteiger partial charge in [0.25, 0.3) is 0 Å². The van der Waals surface area contributed by atoms with Crippen molar-refractivity contribution in [2.75, 3.05) is 6.54 Å². The summed E-state index contributed by atoms with van der Waals surface area (Å²) >= 11 is 0. The van der Waals surface area contributed by atoms with E-state index in [-0.39, 0.29) is 12.5 Å². The molecular weight excluding hydrogens is 142 g/mol. The second kappa shape index (κ2) is 5.89. The number of carbonyl (C=O) groups excluding carboxylic acids is 2. The Bertz CT molecular complexity index is 132. The van der Waals surface area contributed by atoms with E-state index in [2.05, 4.69) is 19.2 Å². The van der Waals surface area contributed by atoms with E-state index in [9.17, 15) is 9.59 Å². The summed E-state index contributed by atoms with van der Waals surface area (Å²) < 4.78 is 0. The zero-order chi connectivity index (χ0) is 8.69. The maximum atomic E-state index is 10.8. The van der Waals surface area contributed by atoms with Crippen LogP contribution in [0.4, 0.5) is 0 Å². The lowest BCUT2D eigenvalue weighted by Gasteiger charge is -2.03. The molecule has 0 aromatic carbocycles. The molecule has 1 N–H and O–H groups in total. The number of nitrogens with one attached hydrogen (secondary N) is 1. The molecule has 0 bridgehead atoms. The third-order valence-electron chi connectivity index (χ3n) is 1.33. The Kier molecular flexibility index (Phi) is 5.43. The van der Waals surface area contributed by atoms with Crippen LogP contribution in [0.2, 0.25) is 0 Å². The summed E-state index contributed by atoms with van der Waals surface area (Å²) in [6.07, 6.45) is 2.09. The highest BCUT2D eigenvalue weighted by Crippen LogP contribution is 2.02. The molecule has 0 fully saturated rings. The highest BCUT2D eigenvalue weighted by molar-refractivity contribution is 5.78. The molecule has 0 rings (SSSR count).